The molecule has 0 fully saturated rings. The molecule has 0 radical (unpaired) electrons. The van der Waals surface area contributed by atoms with Gasteiger partial charge >= 0.3 is 0 Å². The molecule has 7 nitrogen and oxygen atoms in total. The highest BCUT2D eigenvalue weighted by Crippen LogP contribution is 2.35. The molecule has 1 N–H and O–H groups in total. The zero-order valence-electron chi connectivity index (χ0n) is 17.9. The number of hydrogen-bond donors (Lipinski definition) is 1. The van der Waals surface area contributed by atoms with Gasteiger partial charge in [0.1, 0.15) is 5.70 Å². The maximum absolute atomic E-state index is 13.4. The zero-order valence-corrected chi connectivity index (χ0v) is 18.7. The number of non-ortho nitro benzene ring substituents is 1. The van der Waals surface area contributed by atoms with Crippen LogP contribution in [0.1, 0.15) is 30.9 Å². The fourth-order valence-electron chi connectivity index (χ4n) is 3.61. The van der Waals surface area contributed by atoms with Crippen LogP contribution in [0.25, 0.3) is 5.57 Å². The van der Waals surface area contributed by atoms with Crippen molar-refractivity contribution in [2.24, 2.45) is 0 Å². The number of anilines is 2. The molecule has 0 aliphatic carbocycles. The second kappa shape index (κ2) is 8.88. The number of imide groups is 1. The van der Waals surface area contributed by atoms with Gasteiger partial charge in [-0.25, -0.2) is 4.90 Å². The molecular formula is C25H20ClN3O4. The molecule has 1 aliphatic rings. The van der Waals surface area contributed by atoms with Crippen molar-refractivity contribution in [3.05, 3.63) is 105 Å². The Morgan fingerprint density at radius 1 is 0.939 bits per heavy atom. The van der Waals surface area contributed by atoms with Crippen molar-refractivity contribution in [2.45, 2.75) is 19.8 Å². The minimum Gasteiger partial charge on any atom is -0.350 e. The van der Waals surface area contributed by atoms with Crippen molar-refractivity contribution in [1.82, 2.24) is 0 Å². The van der Waals surface area contributed by atoms with Gasteiger partial charge in [-0.3, -0.25) is 19.7 Å². The molecule has 0 aromatic heterocycles. The molecule has 0 saturated carbocycles. The van der Waals surface area contributed by atoms with E-state index in [0.717, 1.165) is 10.5 Å². The number of nitro benzene ring substituents is 1. The first kappa shape index (κ1) is 22.2. The number of nitrogens with one attached hydrogen (secondary N) is 1. The minimum absolute atomic E-state index is 0.0890. The van der Waals surface area contributed by atoms with E-state index in [0.29, 0.717) is 27.9 Å². The van der Waals surface area contributed by atoms with Crippen LogP contribution in [0.2, 0.25) is 5.02 Å². The Morgan fingerprint density at radius 3 is 2.18 bits per heavy atom. The van der Waals surface area contributed by atoms with Crippen LogP contribution < -0.4 is 10.2 Å². The Morgan fingerprint density at radius 2 is 1.61 bits per heavy atom. The SMILES string of the molecule is CC(C)c1ccc(NC2=C(c3ccc([N+](=O)[O-])cc3)C(=O)N(c3cccc(Cl)c3)C2=O)cc1. The van der Waals surface area contributed by atoms with Crippen molar-refractivity contribution in [1.29, 1.82) is 0 Å². The average molecular weight is 462 g/mol. The van der Waals surface area contributed by atoms with E-state index in [9.17, 15) is 19.7 Å². The number of hydrogen-bond acceptors (Lipinski definition) is 5. The van der Waals surface area contributed by atoms with E-state index >= 15 is 0 Å². The zero-order chi connectivity index (χ0) is 23.7. The lowest BCUT2D eigenvalue weighted by molar-refractivity contribution is -0.384. The summed E-state index contributed by atoms with van der Waals surface area (Å²) < 4.78 is 0. The van der Waals surface area contributed by atoms with Crippen molar-refractivity contribution < 1.29 is 14.5 Å². The summed E-state index contributed by atoms with van der Waals surface area (Å²) in [6.07, 6.45) is 0. The van der Waals surface area contributed by atoms with E-state index in [1.165, 1.54) is 30.3 Å². The van der Waals surface area contributed by atoms with Gasteiger partial charge in [0.2, 0.25) is 0 Å². The lowest BCUT2D eigenvalue weighted by Crippen LogP contribution is -2.32. The largest absolute Gasteiger partial charge is 0.350 e. The number of rotatable bonds is 6. The molecule has 8 heteroatoms. The van der Waals surface area contributed by atoms with E-state index in [1.807, 2.05) is 24.3 Å². The van der Waals surface area contributed by atoms with Crippen molar-refractivity contribution in [2.75, 3.05) is 10.2 Å². The van der Waals surface area contributed by atoms with Gasteiger partial charge in [0.25, 0.3) is 17.5 Å². The first-order valence-corrected chi connectivity index (χ1v) is 10.6. The third kappa shape index (κ3) is 4.36. The Hall–Kier alpha value is -3.97. The van der Waals surface area contributed by atoms with Crippen LogP contribution in [-0.4, -0.2) is 16.7 Å². The first-order valence-electron chi connectivity index (χ1n) is 10.3. The van der Waals surface area contributed by atoms with Gasteiger partial charge in [0.05, 0.1) is 16.2 Å². The van der Waals surface area contributed by atoms with Crippen LogP contribution in [-0.2, 0) is 9.59 Å². The third-order valence-electron chi connectivity index (χ3n) is 5.36. The minimum atomic E-state index is -0.544. The van der Waals surface area contributed by atoms with Crippen LogP contribution in [0.15, 0.2) is 78.5 Å². The number of nitro groups is 1. The topological polar surface area (TPSA) is 92.6 Å². The highest BCUT2D eigenvalue weighted by atomic mass is 35.5. The molecule has 166 valence electrons. The summed E-state index contributed by atoms with van der Waals surface area (Å²) >= 11 is 6.08. The standard InChI is InChI=1S/C25H20ClN3O4/c1-15(2)16-6-10-19(11-7-16)27-23-22(17-8-12-20(13-9-17)29(32)33)24(30)28(25(23)31)21-5-3-4-18(26)14-21/h3-15,27H,1-2H3. The summed E-state index contributed by atoms with van der Waals surface area (Å²) in [5.74, 6) is -0.733. The molecule has 0 spiro atoms. The average Bonchev–Trinajstić information content (AvgIpc) is 3.03. The number of amides is 2. The quantitative estimate of drug-likeness (QED) is 0.286. The molecule has 3 aromatic rings. The number of nitrogens with zero attached hydrogens (tertiary/aromatic N) is 2. The van der Waals surface area contributed by atoms with E-state index in [2.05, 4.69) is 19.2 Å². The number of halogens is 1. The molecule has 0 unspecified atom stereocenters. The van der Waals surface area contributed by atoms with Crippen LogP contribution in [0.4, 0.5) is 17.1 Å². The van der Waals surface area contributed by atoms with Crippen LogP contribution in [0.5, 0.6) is 0 Å². The van der Waals surface area contributed by atoms with Gasteiger partial charge < -0.3 is 5.32 Å². The van der Waals surface area contributed by atoms with Gasteiger partial charge in [-0.1, -0.05) is 43.6 Å². The molecule has 0 saturated heterocycles. The molecule has 0 atom stereocenters. The molecular weight excluding hydrogens is 442 g/mol. The van der Waals surface area contributed by atoms with Crippen LogP contribution in [0.3, 0.4) is 0 Å². The fraction of sp³-hybridized carbons (Fsp3) is 0.120. The van der Waals surface area contributed by atoms with E-state index < -0.39 is 16.7 Å². The first-order chi connectivity index (χ1) is 15.8. The maximum atomic E-state index is 13.4. The predicted molar refractivity (Wildman–Crippen MR) is 128 cm³/mol. The predicted octanol–water partition coefficient (Wildman–Crippen LogP) is 5.77. The Bertz CT molecular complexity index is 1280. The molecule has 0 bridgehead atoms. The van der Waals surface area contributed by atoms with Crippen LogP contribution in [0, 0.1) is 10.1 Å². The fourth-order valence-corrected chi connectivity index (χ4v) is 3.79. The third-order valence-corrected chi connectivity index (χ3v) is 5.60. The maximum Gasteiger partial charge on any atom is 0.282 e. The van der Waals surface area contributed by atoms with Gasteiger partial charge in [-0.2, -0.15) is 0 Å². The molecule has 2 amide bonds. The van der Waals surface area contributed by atoms with Gasteiger partial charge in [-0.15, -0.1) is 0 Å². The molecule has 1 heterocycles. The Labute approximate surface area is 195 Å². The summed E-state index contributed by atoms with van der Waals surface area (Å²) in [5, 5.41) is 14.5. The lowest BCUT2D eigenvalue weighted by Gasteiger charge is -2.15. The van der Waals surface area contributed by atoms with E-state index in [-0.39, 0.29) is 17.0 Å². The highest BCUT2D eigenvalue weighted by Gasteiger charge is 2.40. The van der Waals surface area contributed by atoms with Gasteiger partial charge in [0, 0.05) is 22.8 Å². The molecule has 3 aromatic carbocycles. The van der Waals surface area contributed by atoms with E-state index in [1.54, 1.807) is 18.2 Å². The van der Waals surface area contributed by atoms with Crippen molar-refractivity contribution in [3.8, 4) is 0 Å². The lowest BCUT2D eigenvalue weighted by atomic mass is 10.0. The smallest absolute Gasteiger partial charge is 0.282 e. The van der Waals surface area contributed by atoms with Crippen LogP contribution >= 0.6 is 11.6 Å². The number of benzene rings is 3. The normalized spacial score (nSPS) is 13.8. The molecule has 4 rings (SSSR count). The summed E-state index contributed by atoms with van der Waals surface area (Å²) in [6, 6.07) is 19.6. The van der Waals surface area contributed by atoms with Crippen molar-refractivity contribution >= 4 is 46.1 Å². The van der Waals surface area contributed by atoms with Gasteiger partial charge in [0.15, 0.2) is 0 Å². The summed E-state index contributed by atoms with van der Waals surface area (Å²) in [4.78, 5) is 38.4. The van der Waals surface area contributed by atoms with E-state index in [4.69, 9.17) is 11.6 Å². The Kier molecular flexibility index (Phi) is 5.98. The second-order valence-corrected chi connectivity index (χ2v) is 8.32. The molecule has 33 heavy (non-hydrogen) atoms. The van der Waals surface area contributed by atoms with Crippen molar-refractivity contribution in [3.63, 3.8) is 0 Å². The highest BCUT2D eigenvalue weighted by molar-refractivity contribution is 6.46. The van der Waals surface area contributed by atoms with Gasteiger partial charge in [-0.05, 0) is 59.5 Å². The summed E-state index contributed by atoms with van der Waals surface area (Å²) in [7, 11) is 0. The molecule has 1 aliphatic heterocycles. The summed E-state index contributed by atoms with van der Waals surface area (Å²) in [5.41, 5.74) is 2.62. The number of carbonyl (C=O) groups excluding carboxylic acids is 2. The second-order valence-electron chi connectivity index (χ2n) is 7.88. The Balaban J connectivity index is 1.79. The number of carbonyl (C=O) groups is 2. The summed E-state index contributed by atoms with van der Waals surface area (Å²) in [6.45, 7) is 4.17. The monoisotopic (exact) mass is 461 g/mol.